The maximum Gasteiger partial charge on any atom is 0.0417 e. The third-order valence-electron chi connectivity index (χ3n) is 3.54. The summed E-state index contributed by atoms with van der Waals surface area (Å²) in [5, 5.41) is 4.41. The van der Waals surface area contributed by atoms with E-state index in [2.05, 4.69) is 64.6 Å². The average molecular weight is 367 g/mol. The molecule has 0 spiro atoms. The molecule has 0 amide bonds. The molecule has 0 aliphatic carbocycles. The molecule has 1 N–H and O–H groups in total. The van der Waals surface area contributed by atoms with E-state index in [9.17, 15) is 0 Å². The molecule has 2 aromatic carbocycles. The molecule has 3 heteroatoms. The Labute approximate surface area is 140 Å². The molecular weight excluding hydrogens is 346 g/mol. The molecule has 1 nitrogen and oxygen atoms in total. The lowest BCUT2D eigenvalue weighted by Crippen LogP contribution is -2.23. The lowest BCUT2D eigenvalue weighted by atomic mass is 9.99. The van der Waals surface area contributed by atoms with Gasteiger partial charge in [0, 0.05) is 15.5 Å². The molecule has 1 atom stereocenters. The van der Waals surface area contributed by atoms with Crippen LogP contribution in [0.3, 0.4) is 0 Å². The number of nitrogens with one attached hydrogen (secondary N) is 1. The van der Waals surface area contributed by atoms with E-state index in [-0.39, 0.29) is 0 Å². The van der Waals surface area contributed by atoms with Crippen LogP contribution in [0.1, 0.15) is 36.9 Å². The van der Waals surface area contributed by atoms with Gasteiger partial charge < -0.3 is 5.32 Å². The number of rotatable bonds is 7. The second-order valence-electron chi connectivity index (χ2n) is 5.20. The molecular formula is C18H21BrClN. The van der Waals surface area contributed by atoms with Crippen molar-refractivity contribution in [3.05, 3.63) is 69.2 Å². The van der Waals surface area contributed by atoms with Crippen molar-refractivity contribution in [2.24, 2.45) is 0 Å². The molecule has 2 aromatic rings. The Bertz CT molecular complexity index is 556. The molecule has 1 unspecified atom stereocenters. The summed E-state index contributed by atoms with van der Waals surface area (Å²) in [6.45, 7) is 3.21. The standard InChI is InChI=1S/C18H21BrClN/c1-2-12-21-18(11-8-14-6-4-3-5-7-14)16-10-9-15(20)13-17(16)19/h3-7,9-10,13,18,21H,2,8,11-12H2,1H3. The summed E-state index contributed by atoms with van der Waals surface area (Å²) >= 11 is 9.69. The summed E-state index contributed by atoms with van der Waals surface area (Å²) in [5.41, 5.74) is 2.66. The van der Waals surface area contributed by atoms with Crippen LogP contribution < -0.4 is 5.32 Å². The lowest BCUT2D eigenvalue weighted by molar-refractivity contribution is 0.498. The van der Waals surface area contributed by atoms with Crippen molar-refractivity contribution in [3.8, 4) is 0 Å². The van der Waals surface area contributed by atoms with Crippen LogP contribution in [0.5, 0.6) is 0 Å². The number of aryl methyl sites for hydroxylation is 1. The highest BCUT2D eigenvalue weighted by atomic mass is 79.9. The van der Waals surface area contributed by atoms with E-state index in [0.717, 1.165) is 35.3 Å². The molecule has 21 heavy (non-hydrogen) atoms. The van der Waals surface area contributed by atoms with Crippen LogP contribution in [0.2, 0.25) is 5.02 Å². The van der Waals surface area contributed by atoms with Crippen LogP contribution in [0.4, 0.5) is 0 Å². The zero-order valence-electron chi connectivity index (χ0n) is 12.3. The van der Waals surface area contributed by atoms with Gasteiger partial charge in [-0.15, -0.1) is 0 Å². The second-order valence-corrected chi connectivity index (χ2v) is 6.49. The van der Waals surface area contributed by atoms with Crippen LogP contribution in [0.15, 0.2) is 53.0 Å². The van der Waals surface area contributed by atoms with Gasteiger partial charge in [0.2, 0.25) is 0 Å². The number of hydrogen-bond acceptors (Lipinski definition) is 1. The number of benzene rings is 2. The van der Waals surface area contributed by atoms with Crippen LogP contribution in [-0.2, 0) is 6.42 Å². The van der Waals surface area contributed by atoms with Crippen molar-refractivity contribution in [1.29, 1.82) is 0 Å². The largest absolute Gasteiger partial charge is 0.310 e. The molecule has 0 radical (unpaired) electrons. The zero-order chi connectivity index (χ0) is 15.1. The first-order valence-corrected chi connectivity index (χ1v) is 8.60. The normalized spacial score (nSPS) is 12.3. The van der Waals surface area contributed by atoms with E-state index in [1.165, 1.54) is 11.1 Å². The molecule has 0 aliphatic heterocycles. The van der Waals surface area contributed by atoms with Crippen molar-refractivity contribution >= 4 is 27.5 Å². The molecule has 112 valence electrons. The van der Waals surface area contributed by atoms with Gasteiger partial charge in [0.15, 0.2) is 0 Å². The minimum Gasteiger partial charge on any atom is -0.310 e. The van der Waals surface area contributed by atoms with Gasteiger partial charge in [-0.3, -0.25) is 0 Å². The van der Waals surface area contributed by atoms with Gasteiger partial charge in [-0.1, -0.05) is 70.9 Å². The van der Waals surface area contributed by atoms with Gasteiger partial charge >= 0.3 is 0 Å². The topological polar surface area (TPSA) is 12.0 Å². The molecule has 0 heterocycles. The van der Waals surface area contributed by atoms with Crippen molar-refractivity contribution < 1.29 is 0 Å². The predicted molar refractivity (Wildman–Crippen MR) is 94.9 cm³/mol. The first kappa shape index (κ1) is 16.5. The fourth-order valence-electron chi connectivity index (χ4n) is 2.43. The molecule has 0 aliphatic rings. The Morgan fingerprint density at radius 1 is 1.14 bits per heavy atom. The Morgan fingerprint density at radius 2 is 1.90 bits per heavy atom. The Kier molecular flexibility index (Phi) is 6.75. The van der Waals surface area contributed by atoms with Crippen LogP contribution >= 0.6 is 27.5 Å². The van der Waals surface area contributed by atoms with Crippen LogP contribution in [-0.4, -0.2) is 6.54 Å². The molecule has 2 rings (SSSR count). The van der Waals surface area contributed by atoms with E-state index >= 15 is 0 Å². The fourth-order valence-corrected chi connectivity index (χ4v) is 3.38. The summed E-state index contributed by atoms with van der Waals surface area (Å²) < 4.78 is 1.08. The van der Waals surface area contributed by atoms with E-state index in [4.69, 9.17) is 11.6 Å². The van der Waals surface area contributed by atoms with Crippen molar-refractivity contribution in [1.82, 2.24) is 5.32 Å². The number of halogens is 2. The average Bonchev–Trinajstić information content (AvgIpc) is 2.49. The summed E-state index contributed by atoms with van der Waals surface area (Å²) in [4.78, 5) is 0. The Balaban J connectivity index is 2.10. The molecule has 0 aromatic heterocycles. The quantitative estimate of drug-likeness (QED) is 0.655. The highest BCUT2D eigenvalue weighted by Crippen LogP contribution is 2.29. The maximum absolute atomic E-state index is 6.05. The van der Waals surface area contributed by atoms with Crippen LogP contribution in [0, 0.1) is 0 Å². The predicted octanol–water partition coefficient (Wildman–Crippen LogP) is 5.78. The Hall–Kier alpha value is -0.830. The van der Waals surface area contributed by atoms with Gasteiger partial charge in [0.1, 0.15) is 0 Å². The third-order valence-corrected chi connectivity index (χ3v) is 4.47. The Morgan fingerprint density at radius 3 is 2.57 bits per heavy atom. The number of hydrogen-bond donors (Lipinski definition) is 1. The minimum absolute atomic E-state index is 0.344. The van der Waals surface area contributed by atoms with Crippen LogP contribution in [0.25, 0.3) is 0 Å². The minimum atomic E-state index is 0.344. The highest BCUT2D eigenvalue weighted by molar-refractivity contribution is 9.10. The van der Waals surface area contributed by atoms with E-state index < -0.39 is 0 Å². The van der Waals surface area contributed by atoms with Crippen molar-refractivity contribution in [3.63, 3.8) is 0 Å². The summed E-state index contributed by atoms with van der Waals surface area (Å²) in [5.74, 6) is 0. The SMILES string of the molecule is CCCNC(CCc1ccccc1)c1ccc(Cl)cc1Br. The van der Waals surface area contributed by atoms with E-state index in [1.54, 1.807) is 0 Å². The molecule has 0 fully saturated rings. The van der Waals surface area contributed by atoms with Gasteiger partial charge in [-0.05, 0) is 49.1 Å². The lowest BCUT2D eigenvalue weighted by Gasteiger charge is -2.20. The first-order chi connectivity index (χ1) is 10.2. The summed E-state index contributed by atoms with van der Waals surface area (Å²) in [6, 6.07) is 17.0. The highest BCUT2D eigenvalue weighted by Gasteiger charge is 2.14. The van der Waals surface area contributed by atoms with Gasteiger partial charge in [0.05, 0.1) is 0 Å². The van der Waals surface area contributed by atoms with Crippen molar-refractivity contribution in [2.45, 2.75) is 32.2 Å². The molecule has 0 saturated carbocycles. The monoisotopic (exact) mass is 365 g/mol. The van der Waals surface area contributed by atoms with Gasteiger partial charge in [0.25, 0.3) is 0 Å². The molecule has 0 bridgehead atoms. The van der Waals surface area contributed by atoms with E-state index in [1.807, 2.05) is 12.1 Å². The smallest absolute Gasteiger partial charge is 0.0417 e. The molecule has 0 saturated heterocycles. The van der Waals surface area contributed by atoms with Gasteiger partial charge in [-0.2, -0.15) is 0 Å². The second kappa shape index (κ2) is 8.57. The van der Waals surface area contributed by atoms with Gasteiger partial charge in [-0.25, -0.2) is 0 Å². The van der Waals surface area contributed by atoms with Crippen molar-refractivity contribution in [2.75, 3.05) is 6.54 Å². The first-order valence-electron chi connectivity index (χ1n) is 7.43. The maximum atomic E-state index is 6.05. The fraction of sp³-hybridized carbons (Fsp3) is 0.333. The van der Waals surface area contributed by atoms with E-state index in [0.29, 0.717) is 6.04 Å². The summed E-state index contributed by atoms with van der Waals surface area (Å²) in [7, 11) is 0. The zero-order valence-corrected chi connectivity index (χ0v) is 14.6. The summed E-state index contributed by atoms with van der Waals surface area (Å²) in [6.07, 6.45) is 3.27. The third kappa shape index (κ3) is 5.14.